The van der Waals surface area contributed by atoms with Crippen molar-refractivity contribution in [2.75, 3.05) is 18.0 Å². The molecule has 19 heavy (non-hydrogen) atoms. The fraction of sp³-hybridized carbons (Fsp3) is 0.333. The first-order valence-electron chi connectivity index (χ1n) is 5.97. The highest BCUT2D eigenvalue weighted by molar-refractivity contribution is 7.90. The number of nitrogens with one attached hydrogen (secondary N) is 1. The molecule has 102 valence electrons. The van der Waals surface area contributed by atoms with E-state index >= 15 is 0 Å². The average molecular weight is 281 g/mol. The number of rotatable bonds is 4. The summed E-state index contributed by atoms with van der Waals surface area (Å²) >= 11 is 0. The van der Waals surface area contributed by atoms with Crippen LogP contribution in [-0.4, -0.2) is 33.8 Å². The number of sulfonamides is 1. The first-order chi connectivity index (χ1) is 9.04. The smallest absolute Gasteiger partial charge is 0.285 e. The van der Waals surface area contributed by atoms with Crippen LogP contribution >= 0.6 is 0 Å². The van der Waals surface area contributed by atoms with Gasteiger partial charge in [0.25, 0.3) is 10.0 Å². The van der Waals surface area contributed by atoms with Crippen molar-refractivity contribution in [3.8, 4) is 0 Å². The molecular weight excluding hydrogens is 266 g/mol. The highest BCUT2D eigenvalue weighted by atomic mass is 32.2. The fourth-order valence-electron chi connectivity index (χ4n) is 1.75. The van der Waals surface area contributed by atoms with Gasteiger partial charge in [0, 0.05) is 6.54 Å². The Morgan fingerprint density at radius 3 is 2.84 bits per heavy atom. The molecule has 0 saturated carbocycles. The molecule has 6 nitrogen and oxygen atoms in total. The first kappa shape index (κ1) is 13.5. The van der Waals surface area contributed by atoms with E-state index in [-0.39, 0.29) is 17.3 Å². The Labute approximate surface area is 112 Å². The van der Waals surface area contributed by atoms with Gasteiger partial charge in [-0.25, -0.2) is 0 Å². The number of benzene rings is 1. The van der Waals surface area contributed by atoms with Gasteiger partial charge in [-0.05, 0) is 18.6 Å². The molecule has 1 aliphatic rings. The number of anilines is 1. The molecule has 1 amide bonds. The average Bonchev–Trinajstić information content (AvgIpc) is 2.40. The molecule has 1 N–H and O–H groups in total. The van der Waals surface area contributed by atoms with Gasteiger partial charge in [0.05, 0.1) is 5.69 Å². The number of nitrogens with zero attached hydrogens (tertiary/aromatic N) is 2. The molecule has 1 aromatic rings. The summed E-state index contributed by atoms with van der Waals surface area (Å²) in [4.78, 5) is 13.3. The summed E-state index contributed by atoms with van der Waals surface area (Å²) < 4.78 is 27.0. The summed E-state index contributed by atoms with van der Waals surface area (Å²) in [5.41, 5.74) is 0.476. The molecule has 2 rings (SSSR count). The molecule has 0 aliphatic carbocycles. The van der Waals surface area contributed by atoms with Gasteiger partial charge in [-0.1, -0.05) is 19.1 Å². The van der Waals surface area contributed by atoms with Gasteiger partial charge in [0.15, 0.2) is 0 Å². The second-order valence-corrected chi connectivity index (χ2v) is 5.74. The maximum Gasteiger partial charge on any atom is 0.285 e. The number of amides is 1. The Morgan fingerprint density at radius 1 is 1.37 bits per heavy atom. The molecule has 0 fully saturated rings. The van der Waals surface area contributed by atoms with E-state index in [0.717, 1.165) is 6.42 Å². The standard InChI is InChI=1S/C12H15N3O3S/c1-2-7-13-12(16)8-15-9-14-19(17,18)11-6-4-3-5-10(11)15/h3-6,9H,2,7-8H2,1H3,(H,13,16). The van der Waals surface area contributed by atoms with Gasteiger partial charge < -0.3 is 10.2 Å². The summed E-state index contributed by atoms with van der Waals surface area (Å²) in [6.07, 6.45) is 2.04. The summed E-state index contributed by atoms with van der Waals surface area (Å²) in [6, 6.07) is 6.50. The van der Waals surface area contributed by atoms with E-state index in [0.29, 0.717) is 12.2 Å². The molecule has 0 atom stereocenters. The lowest BCUT2D eigenvalue weighted by Crippen LogP contribution is -2.38. The molecule has 1 aromatic carbocycles. The van der Waals surface area contributed by atoms with Crippen LogP contribution in [0.3, 0.4) is 0 Å². The summed E-state index contributed by atoms with van der Waals surface area (Å²) in [6.45, 7) is 2.62. The quantitative estimate of drug-likeness (QED) is 0.883. The molecule has 0 bridgehead atoms. The SMILES string of the molecule is CCCNC(=O)CN1C=NS(=O)(=O)c2ccccc21. The van der Waals surface area contributed by atoms with Gasteiger partial charge in [0.1, 0.15) is 17.8 Å². The van der Waals surface area contributed by atoms with E-state index in [1.54, 1.807) is 18.2 Å². The van der Waals surface area contributed by atoms with E-state index in [9.17, 15) is 13.2 Å². The Kier molecular flexibility index (Phi) is 3.84. The van der Waals surface area contributed by atoms with Crippen molar-refractivity contribution in [3.05, 3.63) is 24.3 Å². The summed E-state index contributed by atoms with van der Waals surface area (Å²) in [5.74, 6) is -0.164. The van der Waals surface area contributed by atoms with Crippen molar-refractivity contribution < 1.29 is 13.2 Å². The second-order valence-electron chi connectivity index (χ2n) is 4.14. The normalized spacial score (nSPS) is 15.9. The van der Waals surface area contributed by atoms with Crippen molar-refractivity contribution >= 4 is 28.0 Å². The van der Waals surface area contributed by atoms with Crippen molar-refractivity contribution in [2.24, 2.45) is 4.40 Å². The van der Waals surface area contributed by atoms with Crippen molar-refractivity contribution in [1.82, 2.24) is 5.32 Å². The predicted molar refractivity (Wildman–Crippen MR) is 72.8 cm³/mol. The predicted octanol–water partition coefficient (Wildman–Crippen LogP) is 0.750. The molecule has 7 heteroatoms. The van der Waals surface area contributed by atoms with Crippen LogP contribution in [-0.2, 0) is 14.8 Å². The third-order valence-electron chi connectivity index (χ3n) is 2.66. The zero-order chi connectivity index (χ0) is 13.9. The second kappa shape index (κ2) is 5.40. The van der Waals surface area contributed by atoms with Gasteiger partial charge in [-0.15, -0.1) is 4.40 Å². The van der Waals surface area contributed by atoms with Crippen LogP contribution in [0, 0.1) is 0 Å². The zero-order valence-corrected chi connectivity index (χ0v) is 11.4. The molecule has 1 heterocycles. The van der Waals surface area contributed by atoms with Crippen LogP contribution in [0.1, 0.15) is 13.3 Å². The Bertz CT molecular complexity index is 610. The van der Waals surface area contributed by atoms with Crippen molar-refractivity contribution in [2.45, 2.75) is 18.2 Å². The highest BCUT2D eigenvalue weighted by Gasteiger charge is 2.25. The third-order valence-corrected chi connectivity index (χ3v) is 3.94. The Hall–Kier alpha value is -1.89. The monoisotopic (exact) mass is 281 g/mol. The lowest BCUT2D eigenvalue weighted by Gasteiger charge is -2.24. The zero-order valence-electron chi connectivity index (χ0n) is 10.5. The van der Waals surface area contributed by atoms with Crippen LogP contribution in [0.4, 0.5) is 5.69 Å². The summed E-state index contributed by atoms with van der Waals surface area (Å²) in [5, 5.41) is 2.74. The Balaban J connectivity index is 2.23. The van der Waals surface area contributed by atoms with E-state index in [4.69, 9.17) is 0 Å². The largest absolute Gasteiger partial charge is 0.355 e. The third kappa shape index (κ3) is 2.93. The van der Waals surface area contributed by atoms with Gasteiger partial charge in [-0.3, -0.25) is 4.79 Å². The van der Waals surface area contributed by atoms with Crippen molar-refractivity contribution in [3.63, 3.8) is 0 Å². The molecule has 0 spiro atoms. The molecule has 1 aliphatic heterocycles. The minimum atomic E-state index is -3.63. The van der Waals surface area contributed by atoms with Crippen LogP contribution in [0.5, 0.6) is 0 Å². The van der Waals surface area contributed by atoms with Crippen LogP contribution < -0.4 is 10.2 Å². The van der Waals surface area contributed by atoms with Gasteiger partial charge >= 0.3 is 0 Å². The van der Waals surface area contributed by atoms with Crippen LogP contribution in [0.25, 0.3) is 0 Å². The van der Waals surface area contributed by atoms with Crippen LogP contribution in [0.2, 0.25) is 0 Å². The van der Waals surface area contributed by atoms with Gasteiger partial charge in [0.2, 0.25) is 5.91 Å². The molecule has 0 aromatic heterocycles. The van der Waals surface area contributed by atoms with Crippen molar-refractivity contribution in [1.29, 1.82) is 0 Å². The minimum absolute atomic E-state index is 0.0516. The maximum atomic E-state index is 11.8. The van der Waals surface area contributed by atoms with E-state index < -0.39 is 10.0 Å². The first-order valence-corrected chi connectivity index (χ1v) is 7.41. The number of carbonyl (C=O) groups is 1. The Morgan fingerprint density at radius 2 is 2.11 bits per heavy atom. The summed E-state index contributed by atoms with van der Waals surface area (Å²) in [7, 11) is -3.63. The number of carbonyl (C=O) groups excluding carboxylic acids is 1. The van der Waals surface area contributed by atoms with Gasteiger partial charge in [-0.2, -0.15) is 8.42 Å². The molecule has 0 unspecified atom stereocenters. The lowest BCUT2D eigenvalue weighted by molar-refractivity contribution is -0.119. The van der Waals surface area contributed by atoms with E-state index in [1.807, 2.05) is 6.92 Å². The highest BCUT2D eigenvalue weighted by Crippen LogP contribution is 2.28. The van der Waals surface area contributed by atoms with E-state index in [1.165, 1.54) is 17.3 Å². The van der Waals surface area contributed by atoms with Crippen LogP contribution in [0.15, 0.2) is 33.6 Å². The number of hydrogen-bond donors (Lipinski definition) is 1. The molecular formula is C12H15N3O3S. The maximum absolute atomic E-state index is 11.8. The lowest BCUT2D eigenvalue weighted by atomic mass is 10.3. The number of hydrogen-bond acceptors (Lipinski definition) is 4. The number of para-hydroxylation sites is 1. The molecule has 0 radical (unpaired) electrons. The molecule has 0 saturated heterocycles. The topological polar surface area (TPSA) is 78.8 Å². The minimum Gasteiger partial charge on any atom is -0.355 e. The van der Waals surface area contributed by atoms with E-state index in [2.05, 4.69) is 9.71 Å². The number of fused-ring (bicyclic) bond motifs is 1. The fourth-order valence-corrected chi connectivity index (χ4v) is 2.80.